The fourth-order valence-electron chi connectivity index (χ4n) is 8.54. The molecular weight excluding hydrogens is 929 g/mol. The smallest absolute Gasteiger partial charge is 0.326 e. The first-order valence-electron chi connectivity index (χ1n) is 24.1. The molecule has 3 aromatic rings. The van der Waals surface area contributed by atoms with Gasteiger partial charge in [0.2, 0.25) is 47.3 Å². The number of nitrogens with zero attached hydrogens (tertiary/aromatic N) is 1. The first-order chi connectivity index (χ1) is 34.5. The molecule has 3 aromatic carbocycles. The van der Waals surface area contributed by atoms with Gasteiger partial charge in [-0.3, -0.25) is 43.8 Å². The number of aliphatic carboxylic acids is 1. The summed E-state index contributed by atoms with van der Waals surface area (Å²) in [6.07, 6.45) is 1.59. The van der Waals surface area contributed by atoms with E-state index >= 15 is 0 Å². The molecule has 2 fully saturated rings. The molecule has 0 bridgehead atoms. The monoisotopic (exact) mass is 995 g/mol. The van der Waals surface area contributed by atoms with Gasteiger partial charge in [0.15, 0.2) is 5.96 Å². The third-order valence-corrected chi connectivity index (χ3v) is 12.3. The summed E-state index contributed by atoms with van der Waals surface area (Å²) in [6.45, 7) is 2.36. The number of primary amides is 1. The molecule has 2 aliphatic heterocycles. The number of carboxylic acids is 1. The maximum Gasteiger partial charge on any atom is 0.326 e. The Hall–Kier alpha value is -7.88. The van der Waals surface area contributed by atoms with Crippen molar-refractivity contribution in [3.8, 4) is 0 Å². The average Bonchev–Trinajstić information content (AvgIpc) is 4.09. The third kappa shape index (κ3) is 17.2. The molecule has 0 saturated carbocycles. The van der Waals surface area contributed by atoms with Crippen LogP contribution < -0.4 is 54.0 Å². The summed E-state index contributed by atoms with van der Waals surface area (Å²) >= 11 is 0. The number of hydrogen-bond donors (Lipinski definition) is 12. The van der Waals surface area contributed by atoms with Gasteiger partial charge in [0.1, 0.15) is 42.3 Å². The predicted molar refractivity (Wildman–Crippen MR) is 264 cm³/mol. The minimum atomic E-state index is -1.67. The Bertz CT molecular complexity index is 2370. The Kier molecular flexibility index (Phi) is 21.0. The summed E-state index contributed by atoms with van der Waals surface area (Å²) < 4.78 is 0. The molecule has 14 N–H and O–H groups in total. The van der Waals surface area contributed by atoms with Crippen LogP contribution in [0.2, 0.25) is 0 Å². The summed E-state index contributed by atoms with van der Waals surface area (Å²) in [5.74, 6) is -7.66. The number of hydrogen-bond acceptors (Lipinski definition) is 11. The molecule has 8 amide bonds. The second-order valence-corrected chi connectivity index (χ2v) is 17.9. The van der Waals surface area contributed by atoms with Gasteiger partial charge in [0.25, 0.3) is 0 Å². The lowest BCUT2D eigenvalue weighted by atomic mass is 10.0. The van der Waals surface area contributed by atoms with Gasteiger partial charge in [-0.15, -0.1) is 0 Å². The van der Waals surface area contributed by atoms with Crippen LogP contribution >= 0.6 is 0 Å². The number of nitrogens with two attached hydrogens (primary N) is 2. The SMILES string of the molecule is C[C@H](NC(=O)[C@H](CC(N)=O)NC(=O)[C@@H](Cc1ccccc1)NC(=O)[C@H](Cc1ccccc1)NC(=O)[C@@H](CCCNC(=N)N)NC(=O)[C@@H]1CCCN1)C(=O)N[C@@H](Cc1ccccc1)C(=O)N1CCC[C@@H]1C(=O)O. The normalized spacial score (nSPS) is 17.6. The molecule has 22 nitrogen and oxygen atoms in total. The second-order valence-electron chi connectivity index (χ2n) is 17.9. The predicted octanol–water partition coefficient (Wildman–Crippen LogP) is -1.39. The number of carboxylic acid groups (broad SMARTS) is 1. The number of amides is 8. The van der Waals surface area contributed by atoms with E-state index < -0.39 is 108 Å². The van der Waals surface area contributed by atoms with Gasteiger partial charge in [0.05, 0.1) is 12.5 Å². The van der Waals surface area contributed by atoms with E-state index in [2.05, 4.69) is 42.5 Å². The number of carbonyl (C=O) groups is 9. The molecule has 2 saturated heterocycles. The zero-order valence-electron chi connectivity index (χ0n) is 40.2. The van der Waals surface area contributed by atoms with Crippen LogP contribution in [-0.4, -0.2) is 137 Å². The van der Waals surface area contributed by atoms with Crippen molar-refractivity contribution < 1.29 is 48.3 Å². The standard InChI is InChI=1S/C50H66N12O10/c1-30(42(64)61-39(28-33-18-9-4-10-19-33)48(70)62-25-13-22-40(62)49(71)72)56-45(67)38(29-41(51)63)60-47(69)37(27-32-16-7-3-8-17-32)59-46(68)36(26-31-14-5-2-6-15-31)58-44(66)35(21-12-24-55-50(52)53)57-43(65)34-20-11-23-54-34/h2-10,14-19,30,34-40,54H,11-13,20-29H2,1H3,(H2,51,63)(H,56,67)(H,57,65)(H,58,66)(H,59,68)(H,60,69)(H,61,64)(H,71,72)(H4,52,53,55)/t30-,34-,35+,36-,37+,38-,39-,40+/m0/s1. The fraction of sp³-hybridized carbons (Fsp3) is 0.440. The Morgan fingerprint density at radius 2 is 1.12 bits per heavy atom. The van der Waals surface area contributed by atoms with E-state index in [1.54, 1.807) is 91.0 Å². The van der Waals surface area contributed by atoms with Gasteiger partial charge in [-0.1, -0.05) is 91.0 Å². The zero-order chi connectivity index (χ0) is 52.2. The molecule has 0 radical (unpaired) electrons. The lowest BCUT2D eigenvalue weighted by Crippen LogP contribution is -2.61. The molecule has 5 rings (SSSR count). The molecule has 8 atom stereocenters. The lowest BCUT2D eigenvalue weighted by molar-refractivity contribution is -0.149. The number of likely N-dealkylation sites (tertiary alicyclic amines) is 1. The Balaban J connectivity index is 1.34. The largest absolute Gasteiger partial charge is 0.480 e. The minimum Gasteiger partial charge on any atom is -0.480 e. The number of benzene rings is 3. The second kappa shape index (κ2) is 27.5. The van der Waals surface area contributed by atoms with Crippen molar-refractivity contribution in [1.82, 2.24) is 47.4 Å². The highest BCUT2D eigenvalue weighted by molar-refractivity contribution is 5.99. The molecule has 2 aliphatic rings. The van der Waals surface area contributed by atoms with E-state index in [9.17, 15) is 48.3 Å². The van der Waals surface area contributed by atoms with Crippen molar-refractivity contribution in [2.75, 3.05) is 19.6 Å². The van der Waals surface area contributed by atoms with Crippen molar-refractivity contribution in [1.29, 1.82) is 5.41 Å². The maximum absolute atomic E-state index is 14.5. The summed E-state index contributed by atoms with van der Waals surface area (Å²) in [7, 11) is 0. The zero-order valence-corrected chi connectivity index (χ0v) is 40.2. The number of guanidine groups is 1. The van der Waals surface area contributed by atoms with Crippen LogP contribution in [0.3, 0.4) is 0 Å². The van der Waals surface area contributed by atoms with Crippen molar-refractivity contribution in [2.24, 2.45) is 11.5 Å². The van der Waals surface area contributed by atoms with Crippen LogP contribution in [0, 0.1) is 5.41 Å². The Morgan fingerprint density at radius 3 is 1.61 bits per heavy atom. The van der Waals surface area contributed by atoms with E-state index in [1.807, 2.05) is 0 Å². The molecular formula is C50H66N12O10. The first kappa shape index (κ1) is 55.1. The number of rotatable bonds is 26. The molecule has 2 heterocycles. The van der Waals surface area contributed by atoms with Crippen molar-refractivity contribution >= 4 is 59.2 Å². The molecule has 0 spiro atoms. The van der Waals surface area contributed by atoms with Crippen LogP contribution in [0.15, 0.2) is 91.0 Å². The number of carbonyl (C=O) groups excluding carboxylic acids is 8. The van der Waals surface area contributed by atoms with Gasteiger partial charge < -0.3 is 64.0 Å². The van der Waals surface area contributed by atoms with Gasteiger partial charge in [-0.25, -0.2) is 4.79 Å². The molecule has 0 unspecified atom stereocenters. The van der Waals surface area contributed by atoms with E-state index in [0.717, 1.165) is 6.42 Å². The van der Waals surface area contributed by atoms with E-state index in [4.69, 9.17) is 16.9 Å². The summed E-state index contributed by atoms with van der Waals surface area (Å²) in [5, 5.41) is 39.0. The van der Waals surface area contributed by atoms with Crippen LogP contribution in [0.25, 0.3) is 0 Å². The van der Waals surface area contributed by atoms with Crippen LogP contribution in [0.1, 0.15) is 68.6 Å². The minimum absolute atomic E-state index is 0.00883. The summed E-state index contributed by atoms with van der Waals surface area (Å²) in [6, 6.07) is 16.4. The molecule has 0 aromatic heterocycles. The van der Waals surface area contributed by atoms with Crippen molar-refractivity contribution in [2.45, 2.75) is 119 Å². The third-order valence-electron chi connectivity index (χ3n) is 12.3. The molecule has 72 heavy (non-hydrogen) atoms. The van der Waals surface area contributed by atoms with E-state index in [-0.39, 0.29) is 51.2 Å². The molecule has 22 heteroatoms. The van der Waals surface area contributed by atoms with E-state index in [0.29, 0.717) is 42.5 Å². The molecule has 0 aliphatic carbocycles. The number of nitrogens with one attached hydrogen (secondary N) is 9. The molecule has 386 valence electrons. The van der Waals surface area contributed by atoms with Gasteiger partial charge in [0, 0.05) is 32.4 Å². The first-order valence-corrected chi connectivity index (χ1v) is 24.1. The quantitative estimate of drug-likeness (QED) is 0.0251. The van der Waals surface area contributed by atoms with Gasteiger partial charge in [-0.2, -0.15) is 0 Å². The topological polar surface area (TPSA) is 349 Å². The van der Waals surface area contributed by atoms with Crippen LogP contribution in [0.5, 0.6) is 0 Å². The van der Waals surface area contributed by atoms with Gasteiger partial charge >= 0.3 is 5.97 Å². The van der Waals surface area contributed by atoms with Crippen molar-refractivity contribution in [3.05, 3.63) is 108 Å². The maximum atomic E-state index is 14.5. The van der Waals surface area contributed by atoms with E-state index in [1.165, 1.54) is 11.8 Å². The van der Waals surface area contributed by atoms with Crippen LogP contribution in [-0.2, 0) is 62.4 Å². The summed E-state index contributed by atoms with van der Waals surface area (Å²) in [4.78, 5) is 123. The fourth-order valence-corrected chi connectivity index (χ4v) is 8.54. The average molecular weight is 995 g/mol. The highest BCUT2D eigenvalue weighted by Crippen LogP contribution is 2.20. The lowest BCUT2D eigenvalue weighted by Gasteiger charge is -2.29. The Morgan fingerprint density at radius 1 is 0.639 bits per heavy atom. The van der Waals surface area contributed by atoms with Crippen LogP contribution in [0.4, 0.5) is 0 Å². The highest BCUT2D eigenvalue weighted by atomic mass is 16.4. The van der Waals surface area contributed by atoms with Gasteiger partial charge in [-0.05, 0) is 68.7 Å². The summed E-state index contributed by atoms with van der Waals surface area (Å²) in [5.41, 5.74) is 12.9. The highest BCUT2D eigenvalue weighted by Gasteiger charge is 2.39. The van der Waals surface area contributed by atoms with Crippen molar-refractivity contribution in [3.63, 3.8) is 0 Å². The Labute approximate surface area is 417 Å².